The summed E-state index contributed by atoms with van der Waals surface area (Å²) in [4.78, 5) is 22.3. The van der Waals surface area contributed by atoms with Crippen LogP contribution in [0.15, 0.2) is 27.3 Å². The van der Waals surface area contributed by atoms with Crippen molar-refractivity contribution in [3.63, 3.8) is 0 Å². The molecule has 0 radical (unpaired) electrons. The molecule has 1 heterocycles. The van der Waals surface area contributed by atoms with E-state index in [-0.39, 0.29) is 22.8 Å². The highest BCUT2D eigenvalue weighted by Gasteiger charge is 2.18. The van der Waals surface area contributed by atoms with Gasteiger partial charge in [0.05, 0.1) is 28.3 Å². The lowest BCUT2D eigenvalue weighted by atomic mass is 10.2. The Morgan fingerprint density at radius 2 is 2.14 bits per heavy atom. The highest BCUT2D eigenvalue weighted by atomic mass is 79.9. The average Bonchev–Trinajstić information content (AvgIpc) is 2.78. The maximum absolute atomic E-state index is 12.1. The maximum atomic E-state index is 12.1. The summed E-state index contributed by atoms with van der Waals surface area (Å²) >= 11 is 6.36. The molecule has 1 aromatic heterocycles. The van der Waals surface area contributed by atoms with Crippen molar-refractivity contribution in [2.45, 2.75) is 0 Å². The summed E-state index contributed by atoms with van der Waals surface area (Å²) in [5.41, 5.74) is 0.163. The molecule has 0 aliphatic heterocycles. The number of nitro benzene ring substituents is 1. The molecule has 21 heavy (non-hydrogen) atoms. The number of hydrogen-bond donors (Lipinski definition) is 2. The minimum atomic E-state index is -0.570. The van der Waals surface area contributed by atoms with Crippen LogP contribution in [0.2, 0.25) is 0 Å². The zero-order chi connectivity index (χ0) is 15.6. The Morgan fingerprint density at radius 3 is 2.67 bits per heavy atom. The Balaban J connectivity index is 2.30. The molecule has 10 heteroatoms. The van der Waals surface area contributed by atoms with Crippen LogP contribution in [0.1, 0.15) is 10.5 Å². The summed E-state index contributed by atoms with van der Waals surface area (Å²) in [6, 6.07) is 3.97. The Bertz CT molecular complexity index is 716. The van der Waals surface area contributed by atoms with Crippen molar-refractivity contribution in [1.29, 1.82) is 0 Å². The van der Waals surface area contributed by atoms with Crippen molar-refractivity contribution in [2.24, 2.45) is 0 Å². The van der Waals surface area contributed by atoms with Crippen LogP contribution >= 0.6 is 31.9 Å². The molecule has 1 amide bonds. The molecular weight excluding hydrogens is 412 g/mol. The quantitative estimate of drug-likeness (QED) is 0.584. The van der Waals surface area contributed by atoms with Gasteiger partial charge in [-0.1, -0.05) is 0 Å². The predicted octanol–water partition coefficient (Wildman–Crippen LogP) is 3.10. The molecule has 0 bridgehead atoms. The SMILES string of the molecule is COc1cc(NC(=O)c2n[nH]c(Br)c2Br)cc([N+](=O)[O-])c1. The fourth-order valence-electron chi connectivity index (χ4n) is 1.53. The summed E-state index contributed by atoms with van der Waals surface area (Å²) in [7, 11) is 1.38. The van der Waals surface area contributed by atoms with Gasteiger partial charge in [0.15, 0.2) is 5.69 Å². The Morgan fingerprint density at radius 1 is 1.43 bits per heavy atom. The van der Waals surface area contributed by atoms with Crippen LogP contribution in [-0.4, -0.2) is 28.1 Å². The number of carbonyl (C=O) groups is 1. The average molecular weight is 420 g/mol. The Hall–Kier alpha value is -1.94. The van der Waals surface area contributed by atoms with Gasteiger partial charge in [0.2, 0.25) is 0 Å². The van der Waals surface area contributed by atoms with Crippen molar-refractivity contribution >= 4 is 49.1 Å². The van der Waals surface area contributed by atoms with E-state index in [0.29, 0.717) is 9.08 Å². The molecule has 2 rings (SSSR count). The van der Waals surface area contributed by atoms with Crippen LogP contribution in [0.5, 0.6) is 5.75 Å². The number of nitrogens with one attached hydrogen (secondary N) is 2. The molecule has 0 saturated heterocycles. The first kappa shape index (κ1) is 15.4. The van der Waals surface area contributed by atoms with Gasteiger partial charge in [-0.2, -0.15) is 5.10 Å². The van der Waals surface area contributed by atoms with Crippen molar-refractivity contribution in [1.82, 2.24) is 10.2 Å². The van der Waals surface area contributed by atoms with Crippen molar-refractivity contribution in [3.8, 4) is 5.75 Å². The number of H-pyrrole nitrogens is 1. The van der Waals surface area contributed by atoms with Crippen LogP contribution in [0, 0.1) is 10.1 Å². The summed E-state index contributed by atoms with van der Waals surface area (Å²) in [5, 5.41) is 19.8. The number of nitro groups is 1. The Labute approximate surface area is 135 Å². The predicted molar refractivity (Wildman–Crippen MR) is 81.6 cm³/mol. The van der Waals surface area contributed by atoms with Crippen LogP contribution in [0.3, 0.4) is 0 Å². The molecule has 1 aromatic carbocycles. The number of rotatable bonds is 4. The minimum absolute atomic E-state index is 0.118. The van der Waals surface area contributed by atoms with E-state index < -0.39 is 10.8 Å². The third-order valence-corrected chi connectivity index (χ3v) is 4.36. The number of carbonyl (C=O) groups excluding carboxylic acids is 1. The fraction of sp³-hybridized carbons (Fsp3) is 0.0909. The summed E-state index contributed by atoms with van der Waals surface area (Å²) in [6.07, 6.45) is 0. The number of aromatic nitrogens is 2. The molecule has 0 fully saturated rings. The molecule has 0 aliphatic carbocycles. The number of aromatic amines is 1. The number of non-ortho nitro benzene ring substituents is 1. The van der Waals surface area contributed by atoms with E-state index in [1.807, 2.05) is 0 Å². The highest BCUT2D eigenvalue weighted by molar-refractivity contribution is 9.13. The summed E-state index contributed by atoms with van der Waals surface area (Å²) in [5.74, 6) is -0.256. The van der Waals surface area contributed by atoms with E-state index in [1.54, 1.807) is 0 Å². The maximum Gasteiger partial charge on any atom is 0.277 e. The normalized spacial score (nSPS) is 10.2. The molecule has 0 aliphatic rings. The number of methoxy groups -OCH3 is 1. The van der Waals surface area contributed by atoms with E-state index in [2.05, 4.69) is 47.4 Å². The first-order valence-corrected chi connectivity index (χ1v) is 7.05. The second-order valence-electron chi connectivity index (χ2n) is 3.83. The van der Waals surface area contributed by atoms with E-state index in [9.17, 15) is 14.9 Å². The number of anilines is 1. The molecule has 2 aromatic rings. The lowest BCUT2D eigenvalue weighted by molar-refractivity contribution is -0.384. The van der Waals surface area contributed by atoms with Crippen LogP contribution in [-0.2, 0) is 0 Å². The zero-order valence-electron chi connectivity index (χ0n) is 10.5. The zero-order valence-corrected chi connectivity index (χ0v) is 13.7. The van der Waals surface area contributed by atoms with Gasteiger partial charge in [-0.3, -0.25) is 20.0 Å². The van der Waals surface area contributed by atoms with Gasteiger partial charge >= 0.3 is 0 Å². The molecular formula is C11H8Br2N4O4. The minimum Gasteiger partial charge on any atom is -0.496 e. The number of halogens is 2. The first-order valence-electron chi connectivity index (χ1n) is 5.46. The van der Waals surface area contributed by atoms with Crippen LogP contribution < -0.4 is 10.1 Å². The second-order valence-corrected chi connectivity index (χ2v) is 5.42. The molecule has 2 N–H and O–H groups in total. The smallest absolute Gasteiger partial charge is 0.277 e. The van der Waals surface area contributed by atoms with Gasteiger partial charge in [0.25, 0.3) is 11.6 Å². The number of nitrogens with zero attached hydrogens (tertiary/aromatic N) is 2. The first-order chi connectivity index (χ1) is 9.92. The molecule has 110 valence electrons. The largest absolute Gasteiger partial charge is 0.496 e. The molecule has 0 unspecified atom stereocenters. The van der Waals surface area contributed by atoms with Gasteiger partial charge in [0.1, 0.15) is 10.4 Å². The monoisotopic (exact) mass is 418 g/mol. The standard InChI is InChI=1S/C11H8Br2N4O4/c1-21-7-3-5(2-6(4-7)17(19)20)14-11(18)9-8(12)10(13)16-15-9/h2-4H,1H3,(H,14,18)(H,15,16). The van der Waals surface area contributed by atoms with Gasteiger partial charge < -0.3 is 10.1 Å². The highest BCUT2D eigenvalue weighted by Crippen LogP contribution is 2.28. The van der Waals surface area contributed by atoms with Gasteiger partial charge in [-0.25, -0.2) is 0 Å². The van der Waals surface area contributed by atoms with E-state index in [4.69, 9.17) is 4.74 Å². The number of ether oxygens (including phenoxy) is 1. The second kappa shape index (κ2) is 6.22. The lowest BCUT2D eigenvalue weighted by Crippen LogP contribution is -2.13. The van der Waals surface area contributed by atoms with E-state index in [1.165, 1.54) is 25.3 Å². The van der Waals surface area contributed by atoms with Crippen molar-refractivity contribution in [2.75, 3.05) is 12.4 Å². The van der Waals surface area contributed by atoms with Crippen molar-refractivity contribution < 1.29 is 14.5 Å². The van der Waals surface area contributed by atoms with Crippen molar-refractivity contribution in [3.05, 3.63) is 43.1 Å². The van der Waals surface area contributed by atoms with Gasteiger partial charge in [-0.15, -0.1) is 0 Å². The molecule has 0 spiro atoms. The third-order valence-electron chi connectivity index (χ3n) is 2.48. The fourth-order valence-corrected chi connectivity index (χ4v) is 2.16. The van der Waals surface area contributed by atoms with Gasteiger partial charge in [-0.05, 0) is 31.9 Å². The van der Waals surface area contributed by atoms with Crippen LogP contribution in [0.4, 0.5) is 11.4 Å². The van der Waals surface area contributed by atoms with Gasteiger partial charge in [0, 0.05) is 12.1 Å². The number of hydrogen-bond acceptors (Lipinski definition) is 5. The molecule has 0 saturated carbocycles. The lowest BCUT2D eigenvalue weighted by Gasteiger charge is -2.06. The molecule has 8 nitrogen and oxygen atoms in total. The summed E-state index contributed by atoms with van der Waals surface area (Å²) < 4.78 is 5.94. The van der Waals surface area contributed by atoms with E-state index >= 15 is 0 Å². The number of amides is 1. The molecule has 0 atom stereocenters. The Kier molecular flexibility index (Phi) is 4.58. The topological polar surface area (TPSA) is 110 Å². The third kappa shape index (κ3) is 3.39. The summed E-state index contributed by atoms with van der Waals surface area (Å²) in [6.45, 7) is 0. The number of benzene rings is 1. The van der Waals surface area contributed by atoms with E-state index in [0.717, 1.165) is 0 Å². The van der Waals surface area contributed by atoms with Crippen LogP contribution in [0.25, 0.3) is 0 Å².